The molecule has 0 aliphatic heterocycles. The predicted molar refractivity (Wildman–Crippen MR) is 69.4 cm³/mol. The number of aldehydes is 1. The molecule has 2 heterocycles. The Labute approximate surface area is 115 Å². The van der Waals surface area contributed by atoms with Gasteiger partial charge in [-0.1, -0.05) is 0 Å². The van der Waals surface area contributed by atoms with E-state index in [0.717, 1.165) is 0 Å². The summed E-state index contributed by atoms with van der Waals surface area (Å²) in [6, 6.07) is 3.19. The van der Waals surface area contributed by atoms with E-state index in [1.807, 2.05) is 0 Å². The minimum atomic E-state index is -0.560. The van der Waals surface area contributed by atoms with Gasteiger partial charge >= 0.3 is 5.97 Å². The zero-order valence-corrected chi connectivity index (χ0v) is 10.7. The average Bonchev–Trinajstić information content (AvgIpc) is 2.49. The quantitative estimate of drug-likeness (QED) is 0.672. The molecule has 0 saturated carbocycles. The smallest absolute Gasteiger partial charge is 0.340 e. The van der Waals surface area contributed by atoms with Crippen molar-refractivity contribution in [2.45, 2.75) is 13.5 Å². The van der Waals surface area contributed by atoms with Gasteiger partial charge in [0.2, 0.25) is 0 Å². The highest BCUT2D eigenvalue weighted by Gasteiger charge is 2.13. The molecule has 0 bridgehead atoms. The first kappa shape index (κ1) is 13.7. The van der Waals surface area contributed by atoms with Crippen LogP contribution in [0.3, 0.4) is 0 Å². The summed E-state index contributed by atoms with van der Waals surface area (Å²) in [6.45, 7) is 1.43. The third-order valence-electron chi connectivity index (χ3n) is 2.73. The van der Waals surface area contributed by atoms with Crippen molar-refractivity contribution in [3.8, 4) is 5.75 Å². The molecule has 0 atom stereocenters. The van der Waals surface area contributed by atoms with Crippen LogP contribution in [-0.4, -0.2) is 27.3 Å². The van der Waals surface area contributed by atoms with E-state index in [9.17, 15) is 14.7 Å². The Hall–Kier alpha value is -2.76. The van der Waals surface area contributed by atoms with Crippen LogP contribution >= 0.6 is 0 Å². The molecule has 0 aliphatic carbocycles. The number of aryl methyl sites for hydroxylation is 1. The number of ether oxygens (including phenoxy) is 1. The van der Waals surface area contributed by atoms with Gasteiger partial charge in [-0.15, -0.1) is 0 Å². The van der Waals surface area contributed by atoms with Crippen molar-refractivity contribution in [1.82, 2.24) is 9.97 Å². The Morgan fingerprint density at radius 3 is 2.90 bits per heavy atom. The van der Waals surface area contributed by atoms with Gasteiger partial charge in [-0.25, -0.2) is 4.79 Å². The van der Waals surface area contributed by atoms with Gasteiger partial charge in [0, 0.05) is 24.2 Å². The standard InChI is InChI=1S/C14H12N2O4/c1-9-13(18)12(7-17)11(6-16-9)8-20-14(19)10-3-2-4-15-5-10/h2-7,18H,8H2,1H3. The molecular formula is C14H12N2O4. The van der Waals surface area contributed by atoms with E-state index in [-0.39, 0.29) is 17.9 Å². The molecule has 102 valence electrons. The molecule has 2 aromatic rings. The van der Waals surface area contributed by atoms with Crippen LogP contribution in [0.25, 0.3) is 0 Å². The van der Waals surface area contributed by atoms with Gasteiger partial charge in [0.25, 0.3) is 0 Å². The van der Waals surface area contributed by atoms with Crippen LogP contribution in [0.1, 0.15) is 32.0 Å². The maximum atomic E-state index is 11.7. The number of hydrogen-bond donors (Lipinski definition) is 1. The number of carbonyl (C=O) groups is 2. The molecular weight excluding hydrogens is 260 g/mol. The molecule has 6 nitrogen and oxygen atoms in total. The van der Waals surface area contributed by atoms with Crippen molar-refractivity contribution in [2.24, 2.45) is 0 Å². The lowest BCUT2D eigenvalue weighted by Crippen LogP contribution is -2.07. The fourth-order valence-corrected chi connectivity index (χ4v) is 1.61. The number of nitrogens with zero attached hydrogens (tertiary/aromatic N) is 2. The highest BCUT2D eigenvalue weighted by Crippen LogP contribution is 2.22. The van der Waals surface area contributed by atoms with E-state index in [1.165, 1.54) is 12.4 Å². The van der Waals surface area contributed by atoms with Crippen LogP contribution in [0.2, 0.25) is 0 Å². The minimum Gasteiger partial charge on any atom is -0.505 e. The fourth-order valence-electron chi connectivity index (χ4n) is 1.61. The van der Waals surface area contributed by atoms with Gasteiger partial charge in [-0.2, -0.15) is 0 Å². The Kier molecular flexibility index (Phi) is 4.05. The largest absolute Gasteiger partial charge is 0.505 e. The van der Waals surface area contributed by atoms with Gasteiger partial charge in [0.1, 0.15) is 12.4 Å². The number of rotatable bonds is 4. The van der Waals surface area contributed by atoms with Crippen molar-refractivity contribution < 1.29 is 19.4 Å². The molecule has 0 radical (unpaired) electrons. The molecule has 0 spiro atoms. The van der Waals surface area contributed by atoms with Crippen LogP contribution in [-0.2, 0) is 11.3 Å². The molecule has 0 unspecified atom stereocenters. The molecule has 0 saturated heterocycles. The van der Waals surface area contributed by atoms with Gasteiger partial charge in [-0.05, 0) is 19.1 Å². The summed E-state index contributed by atoms with van der Waals surface area (Å²) >= 11 is 0. The van der Waals surface area contributed by atoms with Gasteiger partial charge in [0.15, 0.2) is 6.29 Å². The number of carbonyl (C=O) groups excluding carboxylic acids is 2. The van der Waals surface area contributed by atoms with Gasteiger partial charge < -0.3 is 9.84 Å². The second-order valence-corrected chi connectivity index (χ2v) is 4.07. The topological polar surface area (TPSA) is 89.4 Å². The van der Waals surface area contributed by atoms with E-state index in [0.29, 0.717) is 23.1 Å². The van der Waals surface area contributed by atoms with Crippen LogP contribution in [0.15, 0.2) is 30.7 Å². The lowest BCUT2D eigenvalue weighted by molar-refractivity contribution is 0.0470. The summed E-state index contributed by atoms with van der Waals surface area (Å²) in [4.78, 5) is 30.4. The highest BCUT2D eigenvalue weighted by atomic mass is 16.5. The van der Waals surface area contributed by atoms with Crippen molar-refractivity contribution in [3.63, 3.8) is 0 Å². The number of aromatic hydroxyl groups is 1. The first-order chi connectivity index (χ1) is 9.63. The highest BCUT2D eigenvalue weighted by molar-refractivity contribution is 5.89. The lowest BCUT2D eigenvalue weighted by atomic mass is 10.1. The monoisotopic (exact) mass is 272 g/mol. The van der Waals surface area contributed by atoms with Gasteiger partial charge in [-0.3, -0.25) is 14.8 Å². The Morgan fingerprint density at radius 1 is 1.45 bits per heavy atom. The average molecular weight is 272 g/mol. The number of hydrogen-bond acceptors (Lipinski definition) is 6. The molecule has 0 amide bonds. The summed E-state index contributed by atoms with van der Waals surface area (Å²) < 4.78 is 5.06. The Bertz CT molecular complexity index is 641. The second kappa shape index (κ2) is 5.92. The molecule has 20 heavy (non-hydrogen) atoms. The first-order valence-electron chi connectivity index (χ1n) is 5.83. The maximum Gasteiger partial charge on any atom is 0.340 e. The van der Waals surface area contributed by atoms with E-state index in [4.69, 9.17) is 4.74 Å². The van der Waals surface area contributed by atoms with Crippen molar-refractivity contribution in [1.29, 1.82) is 0 Å². The molecule has 1 N–H and O–H groups in total. The molecule has 0 aromatic carbocycles. The molecule has 0 aliphatic rings. The number of pyridine rings is 2. The predicted octanol–water partition coefficient (Wildman–Crippen LogP) is 1.66. The van der Waals surface area contributed by atoms with Crippen molar-refractivity contribution >= 4 is 12.3 Å². The normalized spacial score (nSPS) is 10.1. The molecule has 6 heteroatoms. The minimum absolute atomic E-state index is 0.0801. The lowest BCUT2D eigenvalue weighted by Gasteiger charge is -2.09. The maximum absolute atomic E-state index is 11.7. The first-order valence-corrected chi connectivity index (χ1v) is 5.83. The van der Waals surface area contributed by atoms with E-state index in [2.05, 4.69) is 9.97 Å². The second-order valence-electron chi connectivity index (χ2n) is 4.07. The summed E-state index contributed by atoms with van der Waals surface area (Å²) in [5.41, 5.74) is 1.08. The third-order valence-corrected chi connectivity index (χ3v) is 2.73. The van der Waals surface area contributed by atoms with E-state index < -0.39 is 5.97 Å². The zero-order valence-electron chi connectivity index (χ0n) is 10.7. The van der Waals surface area contributed by atoms with Crippen LogP contribution in [0.4, 0.5) is 0 Å². The van der Waals surface area contributed by atoms with E-state index in [1.54, 1.807) is 25.3 Å². The van der Waals surface area contributed by atoms with Crippen LogP contribution in [0.5, 0.6) is 5.75 Å². The van der Waals surface area contributed by atoms with Crippen molar-refractivity contribution in [3.05, 3.63) is 53.1 Å². The SMILES string of the molecule is Cc1ncc(COC(=O)c2cccnc2)c(C=O)c1O. The number of esters is 1. The Morgan fingerprint density at radius 2 is 2.25 bits per heavy atom. The third kappa shape index (κ3) is 2.80. The summed E-state index contributed by atoms with van der Waals surface area (Å²) in [6.07, 6.45) is 4.84. The molecule has 2 rings (SSSR count). The summed E-state index contributed by atoms with van der Waals surface area (Å²) in [5.74, 6) is -0.759. The van der Waals surface area contributed by atoms with E-state index >= 15 is 0 Å². The van der Waals surface area contributed by atoms with Crippen LogP contribution in [0, 0.1) is 6.92 Å². The van der Waals surface area contributed by atoms with Crippen LogP contribution < -0.4 is 0 Å². The summed E-state index contributed by atoms with van der Waals surface area (Å²) in [5, 5.41) is 9.72. The van der Waals surface area contributed by atoms with Crippen molar-refractivity contribution in [2.75, 3.05) is 0 Å². The zero-order chi connectivity index (χ0) is 14.5. The molecule has 2 aromatic heterocycles. The summed E-state index contributed by atoms with van der Waals surface area (Å²) in [7, 11) is 0. The van der Waals surface area contributed by atoms with Gasteiger partial charge in [0.05, 0.1) is 16.8 Å². The fraction of sp³-hybridized carbons (Fsp3) is 0.143. The molecule has 0 fully saturated rings. The number of aromatic nitrogens is 2. The Balaban J connectivity index is 2.14.